The third-order valence-corrected chi connectivity index (χ3v) is 3.34. The highest BCUT2D eigenvalue weighted by Crippen LogP contribution is 2.23. The van der Waals surface area contributed by atoms with Crippen LogP contribution in [0.15, 0.2) is 42.5 Å². The van der Waals surface area contributed by atoms with Crippen LogP contribution in [0.5, 0.6) is 5.75 Å². The Balaban J connectivity index is 2.00. The van der Waals surface area contributed by atoms with Crippen molar-refractivity contribution < 1.29 is 4.74 Å². The Labute approximate surface area is 123 Å². The van der Waals surface area contributed by atoms with E-state index in [1.54, 1.807) is 6.07 Å². The van der Waals surface area contributed by atoms with Crippen molar-refractivity contribution in [2.24, 2.45) is 5.73 Å². The minimum Gasteiger partial charge on any atom is -0.491 e. The van der Waals surface area contributed by atoms with Crippen molar-refractivity contribution in [2.45, 2.75) is 13.0 Å². The van der Waals surface area contributed by atoms with E-state index in [0.29, 0.717) is 16.7 Å². The Morgan fingerprint density at radius 3 is 2.32 bits per heavy atom. The van der Waals surface area contributed by atoms with Crippen molar-refractivity contribution in [3.8, 4) is 5.75 Å². The van der Waals surface area contributed by atoms with Crippen LogP contribution < -0.4 is 10.5 Å². The van der Waals surface area contributed by atoms with Crippen LogP contribution in [-0.4, -0.2) is 6.61 Å². The highest BCUT2D eigenvalue weighted by atomic mass is 35.5. The van der Waals surface area contributed by atoms with Crippen LogP contribution in [0.25, 0.3) is 0 Å². The summed E-state index contributed by atoms with van der Waals surface area (Å²) in [5, 5.41) is 1.40. The van der Waals surface area contributed by atoms with Gasteiger partial charge in [0.2, 0.25) is 0 Å². The standard InChI is InChI=1S/C15H15Cl2NO/c1-10-8-13(17)6-7-15(10)19-9-14(18)11-2-4-12(16)5-3-11/h2-8,14H,9,18H2,1H3. The molecule has 2 rings (SSSR count). The summed E-state index contributed by atoms with van der Waals surface area (Å²) in [6.45, 7) is 2.36. The first kappa shape index (κ1) is 14.2. The molecule has 0 amide bonds. The first-order chi connectivity index (χ1) is 9.06. The summed E-state index contributed by atoms with van der Waals surface area (Å²) < 4.78 is 5.72. The molecule has 0 fully saturated rings. The van der Waals surface area contributed by atoms with Gasteiger partial charge in [0, 0.05) is 10.0 Å². The van der Waals surface area contributed by atoms with Crippen LogP contribution in [0, 0.1) is 6.92 Å². The Bertz CT molecular complexity index is 555. The molecule has 0 aliphatic carbocycles. The molecule has 0 aromatic heterocycles. The van der Waals surface area contributed by atoms with Gasteiger partial charge >= 0.3 is 0 Å². The van der Waals surface area contributed by atoms with E-state index >= 15 is 0 Å². The number of aryl methyl sites for hydroxylation is 1. The first-order valence-electron chi connectivity index (χ1n) is 5.96. The number of ether oxygens (including phenoxy) is 1. The lowest BCUT2D eigenvalue weighted by Crippen LogP contribution is -2.19. The predicted molar refractivity (Wildman–Crippen MR) is 80.1 cm³/mol. The molecule has 1 atom stereocenters. The minimum absolute atomic E-state index is 0.188. The van der Waals surface area contributed by atoms with Crippen LogP contribution in [0.3, 0.4) is 0 Å². The summed E-state index contributed by atoms with van der Waals surface area (Å²) in [6, 6.07) is 12.8. The lowest BCUT2D eigenvalue weighted by atomic mass is 10.1. The van der Waals surface area contributed by atoms with E-state index in [4.69, 9.17) is 33.7 Å². The van der Waals surface area contributed by atoms with Gasteiger partial charge in [0.1, 0.15) is 12.4 Å². The quantitative estimate of drug-likeness (QED) is 0.908. The number of nitrogens with two attached hydrogens (primary N) is 1. The maximum absolute atomic E-state index is 6.08. The van der Waals surface area contributed by atoms with E-state index in [0.717, 1.165) is 16.9 Å². The average Bonchev–Trinajstić information content (AvgIpc) is 2.38. The monoisotopic (exact) mass is 295 g/mol. The molecule has 0 heterocycles. The molecule has 0 aliphatic heterocycles. The number of halogens is 2. The summed E-state index contributed by atoms with van der Waals surface area (Å²) in [6.07, 6.45) is 0. The van der Waals surface area contributed by atoms with Gasteiger partial charge in [-0.2, -0.15) is 0 Å². The second-order valence-electron chi connectivity index (χ2n) is 4.38. The fourth-order valence-electron chi connectivity index (χ4n) is 1.76. The van der Waals surface area contributed by atoms with Crippen molar-refractivity contribution >= 4 is 23.2 Å². The van der Waals surface area contributed by atoms with Gasteiger partial charge in [-0.05, 0) is 48.4 Å². The topological polar surface area (TPSA) is 35.2 Å². The van der Waals surface area contributed by atoms with Gasteiger partial charge in [-0.15, -0.1) is 0 Å². The second-order valence-corrected chi connectivity index (χ2v) is 5.25. The van der Waals surface area contributed by atoms with E-state index in [-0.39, 0.29) is 6.04 Å². The zero-order chi connectivity index (χ0) is 13.8. The van der Waals surface area contributed by atoms with Crippen LogP contribution in [0.1, 0.15) is 17.2 Å². The maximum Gasteiger partial charge on any atom is 0.122 e. The van der Waals surface area contributed by atoms with Crippen LogP contribution in [-0.2, 0) is 0 Å². The molecule has 2 nitrogen and oxygen atoms in total. The molecule has 1 unspecified atom stereocenters. The largest absolute Gasteiger partial charge is 0.491 e. The summed E-state index contributed by atoms with van der Waals surface area (Å²) in [7, 11) is 0. The third-order valence-electron chi connectivity index (χ3n) is 2.85. The number of benzene rings is 2. The Morgan fingerprint density at radius 1 is 1.05 bits per heavy atom. The van der Waals surface area contributed by atoms with Gasteiger partial charge < -0.3 is 10.5 Å². The average molecular weight is 296 g/mol. The van der Waals surface area contributed by atoms with Gasteiger partial charge in [-0.3, -0.25) is 0 Å². The highest BCUT2D eigenvalue weighted by Gasteiger charge is 2.08. The molecule has 2 aromatic rings. The van der Waals surface area contributed by atoms with Crippen molar-refractivity contribution in [2.75, 3.05) is 6.61 Å². The molecule has 0 saturated heterocycles. The lowest BCUT2D eigenvalue weighted by molar-refractivity contribution is 0.289. The number of rotatable bonds is 4. The molecule has 4 heteroatoms. The van der Waals surface area contributed by atoms with Gasteiger partial charge in [-0.1, -0.05) is 35.3 Å². The number of hydrogen-bond donors (Lipinski definition) is 1. The smallest absolute Gasteiger partial charge is 0.122 e. The van der Waals surface area contributed by atoms with Crippen LogP contribution >= 0.6 is 23.2 Å². The predicted octanol–water partition coefficient (Wildman–Crippen LogP) is 4.38. The van der Waals surface area contributed by atoms with Gasteiger partial charge in [-0.25, -0.2) is 0 Å². The van der Waals surface area contributed by atoms with Gasteiger partial charge in [0.05, 0.1) is 6.04 Å². The Morgan fingerprint density at radius 2 is 1.68 bits per heavy atom. The molecular weight excluding hydrogens is 281 g/mol. The van der Waals surface area contributed by atoms with Crippen LogP contribution in [0.4, 0.5) is 0 Å². The number of hydrogen-bond acceptors (Lipinski definition) is 2. The Kier molecular flexibility index (Phi) is 4.70. The van der Waals surface area contributed by atoms with Crippen molar-refractivity contribution in [1.82, 2.24) is 0 Å². The lowest BCUT2D eigenvalue weighted by Gasteiger charge is -2.15. The molecule has 2 aromatic carbocycles. The summed E-state index contributed by atoms with van der Waals surface area (Å²) in [4.78, 5) is 0. The van der Waals surface area contributed by atoms with Crippen LogP contribution in [0.2, 0.25) is 10.0 Å². The van der Waals surface area contributed by atoms with Crippen molar-refractivity contribution in [1.29, 1.82) is 0 Å². The van der Waals surface area contributed by atoms with E-state index in [1.807, 2.05) is 43.3 Å². The van der Waals surface area contributed by atoms with Crippen molar-refractivity contribution in [3.63, 3.8) is 0 Å². The fourth-order valence-corrected chi connectivity index (χ4v) is 2.11. The van der Waals surface area contributed by atoms with E-state index < -0.39 is 0 Å². The first-order valence-corrected chi connectivity index (χ1v) is 6.72. The molecule has 0 aliphatic rings. The van der Waals surface area contributed by atoms with E-state index in [2.05, 4.69) is 0 Å². The second kappa shape index (κ2) is 6.29. The Hall–Kier alpha value is -1.22. The minimum atomic E-state index is -0.188. The molecule has 2 N–H and O–H groups in total. The highest BCUT2D eigenvalue weighted by molar-refractivity contribution is 6.30. The van der Waals surface area contributed by atoms with Gasteiger partial charge in [0.15, 0.2) is 0 Å². The molecule has 0 spiro atoms. The molecule has 0 radical (unpaired) electrons. The summed E-state index contributed by atoms with van der Waals surface area (Å²) >= 11 is 11.7. The zero-order valence-corrected chi connectivity index (χ0v) is 12.1. The third kappa shape index (κ3) is 3.87. The molecule has 0 bridgehead atoms. The summed E-state index contributed by atoms with van der Waals surface area (Å²) in [5.41, 5.74) is 8.07. The van der Waals surface area contributed by atoms with E-state index in [1.165, 1.54) is 0 Å². The zero-order valence-electron chi connectivity index (χ0n) is 10.6. The summed E-state index contributed by atoms with van der Waals surface area (Å²) in [5.74, 6) is 0.800. The fraction of sp³-hybridized carbons (Fsp3) is 0.200. The maximum atomic E-state index is 6.08. The molecule has 19 heavy (non-hydrogen) atoms. The molecular formula is C15H15Cl2NO. The molecule has 100 valence electrons. The SMILES string of the molecule is Cc1cc(Cl)ccc1OCC(N)c1ccc(Cl)cc1. The van der Waals surface area contributed by atoms with Gasteiger partial charge in [0.25, 0.3) is 0 Å². The molecule has 0 saturated carbocycles. The van der Waals surface area contributed by atoms with Crippen molar-refractivity contribution in [3.05, 3.63) is 63.6 Å². The normalized spacial score (nSPS) is 12.2. The van der Waals surface area contributed by atoms with E-state index in [9.17, 15) is 0 Å².